The Morgan fingerprint density at radius 2 is 2.22 bits per heavy atom. The first-order valence-corrected chi connectivity index (χ1v) is 9.10. The normalized spacial score (nSPS) is 27.0. The highest BCUT2D eigenvalue weighted by molar-refractivity contribution is 5.76. The van der Waals surface area contributed by atoms with Gasteiger partial charge in [0.05, 0.1) is 6.61 Å². The fourth-order valence-electron chi connectivity index (χ4n) is 4.47. The topological polar surface area (TPSA) is 38.3 Å². The van der Waals surface area contributed by atoms with Crippen LogP contribution in [0.15, 0.2) is 24.3 Å². The summed E-state index contributed by atoms with van der Waals surface area (Å²) in [5, 5.41) is 3.22. The van der Waals surface area contributed by atoms with Crippen molar-refractivity contribution in [2.24, 2.45) is 17.8 Å². The Morgan fingerprint density at radius 1 is 1.35 bits per heavy atom. The van der Waals surface area contributed by atoms with Crippen molar-refractivity contribution in [3.05, 3.63) is 29.8 Å². The van der Waals surface area contributed by atoms with E-state index in [0.717, 1.165) is 24.0 Å². The number of aryl methyl sites for hydroxylation is 1. The van der Waals surface area contributed by atoms with Crippen LogP contribution in [0.25, 0.3) is 0 Å². The third kappa shape index (κ3) is 4.27. The number of hydrogen-bond acceptors (Lipinski definition) is 2. The van der Waals surface area contributed by atoms with E-state index >= 15 is 0 Å². The molecule has 1 amide bonds. The van der Waals surface area contributed by atoms with Crippen molar-refractivity contribution >= 4 is 5.91 Å². The standard InChI is InChI=1S/C20H29NO2/c1-14-5-3-6-18(11-14)23-10-4-7-20(22)21-15(2)19-13-16-8-9-17(19)12-16/h3,5-6,11,15-17,19H,4,7-10,12-13H2,1-2H3,(H,21,22). The molecule has 2 fully saturated rings. The summed E-state index contributed by atoms with van der Waals surface area (Å²) in [6.45, 7) is 4.84. The Hall–Kier alpha value is -1.51. The van der Waals surface area contributed by atoms with Crippen LogP contribution in [0.1, 0.15) is 51.0 Å². The number of ether oxygens (including phenoxy) is 1. The minimum Gasteiger partial charge on any atom is -0.494 e. The van der Waals surface area contributed by atoms with E-state index in [1.165, 1.54) is 31.2 Å². The summed E-state index contributed by atoms with van der Waals surface area (Å²) in [5.41, 5.74) is 1.19. The van der Waals surface area contributed by atoms with Gasteiger partial charge in [0, 0.05) is 12.5 Å². The first-order valence-electron chi connectivity index (χ1n) is 9.10. The fourth-order valence-corrected chi connectivity index (χ4v) is 4.47. The van der Waals surface area contributed by atoms with Gasteiger partial charge in [0.15, 0.2) is 0 Å². The molecule has 3 heteroatoms. The number of benzene rings is 1. The predicted octanol–water partition coefficient (Wildman–Crippen LogP) is 4.09. The number of amides is 1. The molecule has 0 aliphatic heterocycles. The van der Waals surface area contributed by atoms with Crippen LogP contribution in [0.4, 0.5) is 0 Å². The highest BCUT2D eigenvalue weighted by atomic mass is 16.5. The Kier molecular flexibility index (Phi) is 5.24. The summed E-state index contributed by atoms with van der Waals surface area (Å²) in [5.74, 6) is 3.57. The van der Waals surface area contributed by atoms with E-state index in [1.54, 1.807) is 0 Å². The van der Waals surface area contributed by atoms with Crippen molar-refractivity contribution in [2.75, 3.05) is 6.61 Å². The summed E-state index contributed by atoms with van der Waals surface area (Å²) in [7, 11) is 0. The van der Waals surface area contributed by atoms with E-state index in [1.807, 2.05) is 18.2 Å². The van der Waals surface area contributed by atoms with Crippen LogP contribution in [0.5, 0.6) is 5.75 Å². The van der Waals surface area contributed by atoms with Gasteiger partial charge in [-0.25, -0.2) is 0 Å². The van der Waals surface area contributed by atoms with Crippen LogP contribution in [-0.4, -0.2) is 18.6 Å². The van der Waals surface area contributed by atoms with E-state index in [0.29, 0.717) is 25.0 Å². The summed E-state index contributed by atoms with van der Waals surface area (Å²) in [4.78, 5) is 12.1. The lowest BCUT2D eigenvalue weighted by Crippen LogP contribution is -2.40. The maximum atomic E-state index is 12.1. The summed E-state index contributed by atoms with van der Waals surface area (Å²) in [6.07, 6.45) is 6.83. The van der Waals surface area contributed by atoms with E-state index in [4.69, 9.17) is 4.74 Å². The third-order valence-electron chi connectivity index (χ3n) is 5.63. The number of rotatable bonds is 7. The second-order valence-corrected chi connectivity index (χ2v) is 7.46. The number of carbonyl (C=O) groups excluding carboxylic acids is 1. The van der Waals surface area contributed by atoms with Gasteiger partial charge < -0.3 is 10.1 Å². The average molecular weight is 315 g/mol. The van der Waals surface area contributed by atoms with E-state index < -0.39 is 0 Å². The number of fused-ring (bicyclic) bond motifs is 2. The summed E-state index contributed by atoms with van der Waals surface area (Å²) < 4.78 is 5.70. The Labute approximate surface area is 139 Å². The van der Waals surface area contributed by atoms with E-state index in [2.05, 4.69) is 25.2 Å². The second kappa shape index (κ2) is 7.37. The quantitative estimate of drug-likeness (QED) is 0.770. The average Bonchev–Trinajstić information content (AvgIpc) is 3.14. The maximum absolute atomic E-state index is 12.1. The van der Waals surface area contributed by atoms with E-state index in [-0.39, 0.29) is 5.91 Å². The third-order valence-corrected chi connectivity index (χ3v) is 5.63. The minimum atomic E-state index is 0.174. The molecule has 126 valence electrons. The lowest BCUT2D eigenvalue weighted by Gasteiger charge is -2.28. The zero-order chi connectivity index (χ0) is 16.2. The Bertz CT molecular complexity index is 542. The lowest BCUT2D eigenvalue weighted by atomic mass is 9.84. The maximum Gasteiger partial charge on any atom is 0.220 e. The molecule has 0 heterocycles. The van der Waals surface area contributed by atoms with Crippen LogP contribution >= 0.6 is 0 Å². The summed E-state index contributed by atoms with van der Waals surface area (Å²) >= 11 is 0. The van der Waals surface area contributed by atoms with Gasteiger partial charge in [0.25, 0.3) is 0 Å². The molecule has 0 radical (unpaired) electrons. The zero-order valence-electron chi connectivity index (χ0n) is 14.4. The van der Waals surface area contributed by atoms with Gasteiger partial charge in [-0.05, 0) is 75.0 Å². The van der Waals surface area contributed by atoms with Crippen molar-refractivity contribution in [3.63, 3.8) is 0 Å². The summed E-state index contributed by atoms with van der Waals surface area (Å²) in [6, 6.07) is 8.36. The number of hydrogen-bond donors (Lipinski definition) is 1. The van der Waals surface area contributed by atoms with Gasteiger partial charge in [-0.15, -0.1) is 0 Å². The van der Waals surface area contributed by atoms with Gasteiger partial charge in [0.1, 0.15) is 5.75 Å². The Morgan fingerprint density at radius 3 is 2.91 bits per heavy atom. The molecular weight excluding hydrogens is 286 g/mol. The molecule has 1 N–H and O–H groups in total. The van der Waals surface area contributed by atoms with Crippen molar-refractivity contribution < 1.29 is 9.53 Å². The van der Waals surface area contributed by atoms with Gasteiger partial charge in [0.2, 0.25) is 5.91 Å². The molecule has 23 heavy (non-hydrogen) atoms. The Balaban J connectivity index is 1.33. The monoisotopic (exact) mass is 315 g/mol. The lowest BCUT2D eigenvalue weighted by molar-refractivity contribution is -0.122. The van der Waals surface area contributed by atoms with Gasteiger partial charge >= 0.3 is 0 Å². The molecule has 4 unspecified atom stereocenters. The van der Waals surface area contributed by atoms with Crippen molar-refractivity contribution in [3.8, 4) is 5.75 Å². The number of nitrogens with one attached hydrogen (secondary N) is 1. The predicted molar refractivity (Wildman–Crippen MR) is 92.5 cm³/mol. The second-order valence-electron chi connectivity index (χ2n) is 7.46. The van der Waals surface area contributed by atoms with Crippen molar-refractivity contribution in [2.45, 2.75) is 58.4 Å². The van der Waals surface area contributed by atoms with Crippen LogP contribution in [-0.2, 0) is 4.79 Å². The molecule has 0 spiro atoms. The van der Waals surface area contributed by atoms with E-state index in [9.17, 15) is 4.79 Å². The molecule has 2 saturated carbocycles. The molecule has 0 saturated heterocycles. The largest absolute Gasteiger partial charge is 0.494 e. The molecule has 1 aromatic carbocycles. The smallest absolute Gasteiger partial charge is 0.220 e. The van der Waals surface area contributed by atoms with Crippen LogP contribution < -0.4 is 10.1 Å². The van der Waals surface area contributed by atoms with Crippen LogP contribution in [0, 0.1) is 24.7 Å². The first kappa shape index (κ1) is 16.4. The van der Waals surface area contributed by atoms with Crippen LogP contribution in [0.3, 0.4) is 0 Å². The molecule has 0 aromatic heterocycles. The van der Waals surface area contributed by atoms with Gasteiger partial charge in [-0.1, -0.05) is 18.6 Å². The molecule has 4 atom stereocenters. The molecule has 1 aromatic rings. The number of carbonyl (C=O) groups is 1. The fraction of sp³-hybridized carbons (Fsp3) is 0.650. The molecule has 2 aliphatic rings. The van der Waals surface area contributed by atoms with Crippen molar-refractivity contribution in [1.29, 1.82) is 0 Å². The molecule has 2 bridgehead atoms. The zero-order valence-corrected chi connectivity index (χ0v) is 14.4. The molecule has 3 nitrogen and oxygen atoms in total. The minimum absolute atomic E-state index is 0.174. The highest BCUT2D eigenvalue weighted by Gasteiger charge is 2.41. The molecule has 2 aliphatic carbocycles. The van der Waals surface area contributed by atoms with Crippen LogP contribution in [0.2, 0.25) is 0 Å². The van der Waals surface area contributed by atoms with Gasteiger partial charge in [-0.3, -0.25) is 4.79 Å². The van der Waals surface area contributed by atoms with Gasteiger partial charge in [-0.2, -0.15) is 0 Å². The highest BCUT2D eigenvalue weighted by Crippen LogP contribution is 2.49. The molecule has 3 rings (SSSR count). The SMILES string of the molecule is Cc1cccc(OCCCC(=O)NC(C)C2CC3CCC2C3)c1. The van der Waals surface area contributed by atoms with Crippen molar-refractivity contribution in [1.82, 2.24) is 5.32 Å². The molecular formula is C20H29NO2. The first-order chi connectivity index (χ1) is 11.1.